The lowest BCUT2D eigenvalue weighted by atomic mass is 10.1. The summed E-state index contributed by atoms with van der Waals surface area (Å²) in [5.74, 6) is -0.112. The molecule has 3 rings (SSSR count). The van der Waals surface area contributed by atoms with E-state index in [-0.39, 0.29) is 36.0 Å². The van der Waals surface area contributed by atoms with E-state index in [1.807, 2.05) is 0 Å². The van der Waals surface area contributed by atoms with E-state index >= 15 is 0 Å². The molecule has 0 spiro atoms. The standard InChI is InChI=1S/C20H29FN4O3.ClH/c1-14-18(22-2)20(27)25(19(14)26)8-4-7-23-9-11-24(12-10-23)16-13-15(21)5-6-17(16)28-3;/h5-6,13-14,18,22H,4,7-12H2,1-3H3;1H. The molecular formula is C20H30ClFN4O3. The van der Waals surface area contributed by atoms with Crippen LogP contribution in [0.2, 0.25) is 0 Å². The quantitative estimate of drug-likeness (QED) is 0.661. The third kappa shape index (κ3) is 4.99. The molecule has 0 aliphatic carbocycles. The number of anilines is 1. The SMILES string of the molecule is CNC1C(=O)N(CCCN2CCN(c3cc(F)ccc3OC)CC2)C(=O)C1C.Cl. The van der Waals surface area contributed by atoms with E-state index in [1.165, 1.54) is 17.0 Å². The van der Waals surface area contributed by atoms with Crippen molar-refractivity contribution < 1.29 is 18.7 Å². The monoisotopic (exact) mass is 428 g/mol. The molecule has 0 radical (unpaired) electrons. The Labute approximate surface area is 177 Å². The van der Waals surface area contributed by atoms with Crippen molar-refractivity contribution in [3.05, 3.63) is 24.0 Å². The van der Waals surface area contributed by atoms with Gasteiger partial charge in [0.05, 0.1) is 24.8 Å². The van der Waals surface area contributed by atoms with Crippen molar-refractivity contribution in [2.45, 2.75) is 19.4 Å². The van der Waals surface area contributed by atoms with Crippen molar-refractivity contribution in [3.8, 4) is 5.75 Å². The van der Waals surface area contributed by atoms with Crippen LogP contribution in [0.4, 0.5) is 10.1 Å². The summed E-state index contributed by atoms with van der Waals surface area (Å²) < 4.78 is 19.0. The van der Waals surface area contributed by atoms with Crippen LogP contribution in [0.1, 0.15) is 13.3 Å². The number of methoxy groups -OCH3 is 1. The molecule has 162 valence electrons. The summed E-state index contributed by atoms with van der Waals surface area (Å²) in [5.41, 5.74) is 0.780. The Hall–Kier alpha value is -1.90. The summed E-state index contributed by atoms with van der Waals surface area (Å²) in [5, 5.41) is 2.93. The maximum Gasteiger partial charge on any atom is 0.247 e. The van der Waals surface area contributed by atoms with Crippen molar-refractivity contribution in [2.75, 3.05) is 58.3 Å². The third-order valence-corrected chi connectivity index (χ3v) is 5.71. The minimum atomic E-state index is -0.405. The van der Waals surface area contributed by atoms with E-state index in [4.69, 9.17) is 4.74 Å². The van der Waals surface area contributed by atoms with Gasteiger partial charge in [0.25, 0.3) is 0 Å². The summed E-state index contributed by atoms with van der Waals surface area (Å²) in [6.07, 6.45) is 0.754. The van der Waals surface area contributed by atoms with Gasteiger partial charge < -0.3 is 15.0 Å². The maximum atomic E-state index is 13.6. The first kappa shape index (κ1) is 23.4. The smallest absolute Gasteiger partial charge is 0.247 e. The molecule has 0 bridgehead atoms. The van der Waals surface area contributed by atoms with Crippen LogP contribution >= 0.6 is 12.4 Å². The predicted octanol–water partition coefficient (Wildman–Crippen LogP) is 1.36. The van der Waals surface area contributed by atoms with Gasteiger partial charge >= 0.3 is 0 Å². The number of hydrogen-bond acceptors (Lipinski definition) is 6. The summed E-state index contributed by atoms with van der Waals surface area (Å²) in [6.45, 7) is 6.32. The second kappa shape index (κ2) is 10.2. The molecule has 1 aromatic rings. The topological polar surface area (TPSA) is 65.1 Å². The maximum absolute atomic E-state index is 13.6. The molecule has 29 heavy (non-hydrogen) atoms. The van der Waals surface area contributed by atoms with Gasteiger partial charge in [-0.1, -0.05) is 6.92 Å². The second-order valence-corrected chi connectivity index (χ2v) is 7.38. The van der Waals surface area contributed by atoms with Crippen molar-refractivity contribution >= 4 is 29.9 Å². The second-order valence-electron chi connectivity index (χ2n) is 7.38. The molecule has 2 aliphatic heterocycles. The van der Waals surface area contributed by atoms with Crippen molar-refractivity contribution in [1.29, 1.82) is 0 Å². The highest BCUT2D eigenvalue weighted by molar-refractivity contribution is 6.06. The van der Waals surface area contributed by atoms with E-state index in [0.717, 1.165) is 44.8 Å². The number of halogens is 2. The van der Waals surface area contributed by atoms with Gasteiger partial charge in [0, 0.05) is 38.8 Å². The lowest BCUT2D eigenvalue weighted by Crippen LogP contribution is -2.47. The van der Waals surface area contributed by atoms with Gasteiger partial charge in [0.15, 0.2) is 0 Å². The first-order chi connectivity index (χ1) is 13.5. The lowest BCUT2D eigenvalue weighted by molar-refractivity contribution is -0.139. The number of ether oxygens (including phenoxy) is 1. The molecule has 7 nitrogen and oxygen atoms in total. The fraction of sp³-hybridized carbons (Fsp3) is 0.600. The van der Waals surface area contributed by atoms with Crippen LogP contribution in [0, 0.1) is 11.7 Å². The zero-order valence-electron chi connectivity index (χ0n) is 17.2. The van der Waals surface area contributed by atoms with Crippen molar-refractivity contribution in [2.24, 2.45) is 5.92 Å². The molecule has 2 saturated heterocycles. The van der Waals surface area contributed by atoms with Gasteiger partial charge in [0.1, 0.15) is 11.6 Å². The highest BCUT2D eigenvalue weighted by Gasteiger charge is 2.43. The Morgan fingerprint density at radius 2 is 1.83 bits per heavy atom. The average molecular weight is 429 g/mol. The van der Waals surface area contributed by atoms with Crippen LogP contribution in [-0.4, -0.2) is 81.1 Å². The fourth-order valence-corrected chi connectivity index (χ4v) is 4.05. The molecule has 2 amide bonds. The summed E-state index contributed by atoms with van der Waals surface area (Å²) in [4.78, 5) is 30.4. The van der Waals surface area contributed by atoms with Gasteiger partial charge in [-0.15, -0.1) is 12.4 Å². The van der Waals surface area contributed by atoms with Gasteiger partial charge in [0.2, 0.25) is 11.8 Å². The molecule has 2 aliphatic rings. The average Bonchev–Trinajstić information content (AvgIpc) is 2.91. The molecule has 2 heterocycles. The van der Waals surface area contributed by atoms with Crippen molar-refractivity contribution in [3.63, 3.8) is 0 Å². The molecule has 2 atom stereocenters. The number of likely N-dealkylation sites (N-methyl/N-ethyl adjacent to an activating group) is 1. The minimum absolute atomic E-state index is 0. The van der Waals surface area contributed by atoms with Crippen LogP contribution in [0.3, 0.4) is 0 Å². The van der Waals surface area contributed by atoms with Gasteiger partial charge in [-0.3, -0.25) is 19.4 Å². The summed E-state index contributed by atoms with van der Waals surface area (Å²) >= 11 is 0. The Morgan fingerprint density at radius 3 is 2.41 bits per heavy atom. The third-order valence-electron chi connectivity index (χ3n) is 5.71. The number of amides is 2. The van der Waals surface area contributed by atoms with Crippen LogP contribution < -0.4 is 15.0 Å². The van der Waals surface area contributed by atoms with E-state index in [9.17, 15) is 14.0 Å². The lowest BCUT2D eigenvalue weighted by Gasteiger charge is -2.36. The van der Waals surface area contributed by atoms with E-state index < -0.39 is 6.04 Å². The largest absolute Gasteiger partial charge is 0.495 e. The molecule has 9 heteroatoms. The number of rotatable bonds is 7. The Bertz CT molecular complexity index is 728. The predicted molar refractivity (Wildman–Crippen MR) is 112 cm³/mol. The summed E-state index contributed by atoms with van der Waals surface area (Å²) in [6, 6.07) is 4.16. The number of nitrogens with zero attached hydrogens (tertiary/aromatic N) is 3. The number of piperazine rings is 1. The Balaban J connectivity index is 0.00000300. The first-order valence-electron chi connectivity index (χ1n) is 9.79. The molecule has 1 aromatic carbocycles. The number of likely N-dealkylation sites (tertiary alicyclic amines) is 1. The fourth-order valence-electron chi connectivity index (χ4n) is 4.05. The van der Waals surface area contributed by atoms with Gasteiger partial charge in [-0.05, 0) is 32.1 Å². The molecule has 1 N–H and O–H groups in total. The first-order valence-corrected chi connectivity index (χ1v) is 9.79. The van der Waals surface area contributed by atoms with Crippen LogP contribution in [-0.2, 0) is 9.59 Å². The van der Waals surface area contributed by atoms with E-state index in [0.29, 0.717) is 12.3 Å². The number of imide groups is 1. The minimum Gasteiger partial charge on any atom is -0.495 e. The van der Waals surface area contributed by atoms with Crippen molar-refractivity contribution in [1.82, 2.24) is 15.1 Å². The Morgan fingerprint density at radius 1 is 1.14 bits per heavy atom. The number of hydrogen-bond donors (Lipinski definition) is 1. The van der Waals surface area contributed by atoms with Gasteiger partial charge in [-0.2, -0.15) is 0 Å². The molecule has 0 aromatic heterocycles. The van der Waals surface area contributed by atoms with E-state index in [1.54, 1.807) is 27.1 Å². The van der Waals surface area contributed by atoms with Crippen LogP contribution in [0.5, 0.6) is 5.75 Å². The Kier molecular flexibility index (Phi) is 8.24. The van der Waals surface area contributed by atoms with Gasteiger partial charge in [-0.25, -0.2) is 4.39 Å². The normalized spacial score (nSPS) is 22.8. The number of carbonyl (C=O) groups excluding carboxylic acids is 2. The van der Waals surface area contributed by atoms with E-state index in [2.05, 4.69) is 15.1 Å². The number of nitrogens with one attached hydrogen (secondary N) is 1. The molecule has 2 unspecified atom stereocenters. The number of carbonyl (C=O) groups is 2. The zero-order valence-corrected chi connectivity index (χ0v) is 18.0. The number of benzene rings is 1. The van der Waals surface area contributed by atoms with Crippen LogP contribution in [0.15, 0.2) is 18.2 Å². The van der Waals surface area contributed by atoms with Crippen LogP contribution in [0.25, 0.3) is 0 Å². The highest BCUT2D eigenvalue weighted by Crippen LogP contribution is 2.29. The summed E-state index contributed by atoms with van der Waals surface area (Å²) in [7, 11) is 3.30. The zero-order chi connectivity index (χ0) is 20.3. The molecule has 2 fully saturated rings. The molecule has 0 saturated carbocycles. The molecular weight excluding hydrogens is 399 g/mol. The highest BCUT2D eigenvalue weighted by atomic mass is 35.5.